The number of H-pyrrole nitrogens is 1. The lowest BCUT2D eigenvalue weighted by Crippen LogP contribution is -2.31. The molecular weight excluding hydrogens is 342 g/mol. The molecule has 1 aliphatic heterocycles. The van der Waals surface area contributed by atoms with Crippen molar-refractivity contribution in [2.75, 3.05) is 20.3 Å². The normalized spacial score (nSPS) is 16.1. The van der Waals surface area contributed by atoms with Crippen molar-refractivity contribution in [3.63, 3.8) is 0 Å². The standard InChI is InChI=1S/C21H23N3O3/c1-3-14-7-9-15(10-8-14)20-17-18(16-6-4-13-27-16)22-23-19(17)21(25)24(20)11-5-12-26-2/h4,6-10,13,20H,3,5,11-12H2,1-2H3,(H,22,23). The summed E-state index contributed by atoms with van der Waals surface area (Å²) in [6, 6.07) is 12.0. The number of furan rings is 1. The Kier molecular flexibility index (Phi) is 4.81. The Labute approximate surface area is 158 Å². The van der Waals surface area contributed by atoms with Gasteiger partial charge in [-0.25, -0.2) is 0 Å². The third-order valence-electron chi connectivity index (χ3n) is 5.07. The minimum atomic E-state index is -0.186. The van der Waals surface area contributed by atoms with E-state index in [2.05, 4.69) is 41.4 Å². The van der Waals surface area contributed by atoms with Crippen LogP contribution in [0.25, 0.3) is 11.5 Å². The van der Waals surface area contributed by atoms with Gasteiger partial charge in [-0.3, -0.25) is 9.89 Å². The Bertz CT molecular complexity index is 913. The second kappa shape index (κ2) is 7.40. The van der Waals surface area contributed by atoms with E-state index >= 15 is 0 Å². The van der Waals surface area contributed by atoms with E-state index in [9.17, 15) is 4.79 Å². The van der Waals surface area contributed by atoms with E-state index in [1.165, 1.54) is 5.56 Å². The molecule has 0 fully saturated rings. The molecule has 6 heteroatoms. The molecule has 140 valence electrons. The Morgan fingerprint density at radius 2 is 2.07 bits per heavy atom. The monoisotopic (exact) mass is 365 g/mol. The highest BCUT2D eigenvalue weighted by molar-refractivity contribution is 5.99. The molecule has 27 heavy (non-hydrogen) atoms. The van der Waals surface area contributed by atoms with Crippen LogP contribution in [-0.4, -0.2) is 41.3 Å². The molecular formula is C21H23N3O3. The van der Waals surface area contributed by atoms with Gasteiger partial charge in [-0.1, -0.05) is 31.2 Å². The van der Waals surface area contributed by atoms with Crippen LogP contribution in [0.1, 0.15) is 46.6 Å². The predicted octanol–water partition coefficient (Wildman–Crippen LogP) is 3.81. The summed E-state index contributed by atoms with van der Waals surface area (Å²) in [5.74, 6) is 0.630. The van der Waals surface area contributed by atoms with Gasteiger partial charge in [0.15, 0.2) is 11.5 Å². The average Bonchev–Trinajstić information content (AvgIpc) is 3.41. The molecule has 0 saturated carbocycles. The lowest BCUT2D eigenvalue weighted by atomic mass is 9.96. The Hall–Kier alpha value is -2.86. The molecule has 0 radical (unpaired) electrons. The molecule has 1 N–H and O–H groups in total. The molecule has 0 saturated heterocycles. The van der Waals surface area contributed by atoms with Crippen molar-refractivity contribution in [3.05, 3.63) is 65.0 Å². The zero-order valence-corrected chi connectivity index (χ0v) is 15.6. The number of hydrogen-bond donors (Lipinski definition) is 1. The number of aromatic nitrogens is 2. The number of methoxy groups -OCH3 is 1. The third kappa shape index (κ3) is 3.06. The number of hydrogen-bond acceptors (Lipinski definition) is 4. The second-order valence-electron chi connectivity index (χ2n) is 6.68. The highest BCUT2D eigenvalue weighted by atomic mass is 16.5. The molecule has 1 amide bonds. The summed E-state index contributed by atoms with van der Waals surface area (Å²) >= 11 is 0. The molecule has 3 aromatic rings. The molecule has 2 aromatic heterocycles. The number of carbonyl (C=O) groups excluding carboxylic acids is 1. The highest BCUT2D eigenvalue weighted by Crippen LogP contribution is 2.42. The van der Waals surface area contributed by atoms with Crippen LogP contribution in [0.2, 0.25) is 0 Å². The van der Waals surface area contributed by atoms with Crippen molar-refractivity contribution in [2.24, 2.45) is 0 Å². The van der Waals surface area contributed by atoms with E-state index in [0.29, 0.717) is 24.6 Å². The first-order chi connectivity index (χ1) is 13.2. The van der Waals surface area contributed by atoms with Crippen molar-refractivity contribution in [2.45, 2.75) is 25.8 Å². The lowest BCUT2D eigenvalue weighted by molar-refractivity contribution is 0.0723. The fourth-order valence-corrected chi connectivity index (χ4v) is 3.69. The molecule has 0 bridgehead atoms. The number of rotatable bonds is 7. The SMILES string of the molecule is CCc1ccc(C2c3c(n[nH]c3-c3ccco3)C(=O)N2CCCOC)cc1. The molecule has 4 rings (SSSR count). The number of nitrogens with one attached hydrogen (secondary N) is 1. The lowest BCUT2D eigenvalue weighted by Gasteiger charge is -2.26. The summed E-state index contributed by atoms with van der Waals surface area (Å²) in [7, 11) is 1.67. The topological polar surface area (TPSA) is 71.4 Å². The molecule has 1 atom stereocenters. The zero-order valence-electron chi connectivity index (χ0n) is 15.6. The molecule has 3 heterocycles. The third-order valence-corrected chi connectivity index (χ3v) is 5.07. The maximum absolute atomic E-state index is 13.1. The van der Waals surface area contributed by atoms with Crippen molar-refractivity contribution in [1.82, 2.24) is 15.1 Å². The maximum atomic E-state index is 13.1. The van der Waals surface area contributed by atoms with Crippen LogP contribution in [0.15, 0.2) is 47.1 Å². The first-order valence-corrected chi connectivity index (χ1v) is 9.25. The van der Waals surface area contributed by atoms with Gasteiger partial charge in [0, 0.05) is 25.8 Å². The van der Waals surface area contributed by atoms with E-state index in [1.807, 2.05) is 17.0 Å². The van der Waals surface area contributed by atoms with Gasteiger partial charge in [0.05, 0.1) is 12.3 Å². The average molecular weight is 365 g/mol. The molecule has 1 aromatic carbocycles. The molecule has 6 nitrogen and oxygen atoms in total. The molecule has 1 aliphatic rings. The van der Waals surface area contributed by atoms with Crippen LogP contribution >= 0.6 is 0 Å². The fraction of sp³-hybridized carbons (Fsp3) is 0.333. The van der Waals surface area contributed by atoms with Crippen molar-refractivity contribution < 1.29 is 13.9 Å². The van der Waals surface area contributed by atoms with E-state index in [4.69, 9.17) is 9.15 Å². The van der Waals surface area contributed by atoms with Gasteiger partial charge in [0.2, 0.25) is 0 Å². The first kappa shape index (κ1) is 17.5. The van der Waals surface area contributed by atoms with Crippen molar-refractivity contribution in [3.8, 4) is 11.5 Å². The van der Waals surface area contributed by atoms with Gasteiger partial charge in [0.25, 0.3) is 5.91 Å². The number of aromatic amines is 1. The van der Waals surface area contributed by atoms with Gasteiger partial charge in [-0.15, -0.1) is 0 Å². The summed E-state index contributed by atoms with van der Waals surface area (Å²) in [6.07, 6.45) is 3.38. The Morgan fingerprint density at radius 3 is 2.74 bits per heavy atom. The number of carbonyl (C=O) groups is 1. The number of benzene rings is 1. The van der Waals surface area contributed by atoms with Crippen LogP contribution < -0.4 is 0 Å². The van der Waals surface area contributed by atoms with Crippen molar-refractivity contribution in [1.29, 1.82) is 0 Å². The fourth-order valence-electron chi connectivity index (χ4n) is 3.69. The molecule has 0 aliphatic carbocycles. The van der Waals surface area contributed by atoms with E-state index in [0.717, 1.165) is 29.7 Å². The van der Waals surface area contributed by atoms with Crippen LogP contribution in [0.4, 0.5) is 0 Å². The Morgan fingerprint density at radius 1 is 1.26 bits per heavy atom. The van der Waals surface area contributed by atoms with Crippen molar-refractivity contribution >= 4 is 5.91 Å². The van der Waals surface area contributed by atoms with Gasteiger partial charge in [-0.05, 0) is 36.1 Å². The zero-order chi connectivity index (χ0) is 18.8. The summed E-state index contributed by atoms with van der Waals surface area (Å²) in [5.41, 5.74) is 4.47. The van der Waals surface area contributed by atoms with Crippen LogP contribution in [0.3, 0.4) is 0 Å². The van der Waals surface area contributed by atoms with E-state index in [-0.39, 0.29) is 11.9 Å². The van der Waals surface area contributed by atoms with E-state index in [1.54, 1.807) is 13.4 Å². The van der Waals surface area contributed by atoms with Gasteiger partial charge < -0.3 is 14.1 Å². The minimum Gasteiger partial charge on any atom is -0.463 e. The Balaban J connectivity index is 1.78. The summed E-state index contributed by atoms with van der Waals surface area (Å²) in [6.45, 7) is 3.36. The van der Waals surface area contributed by atoms with Gasteiger partial charge in [-0.2, -0.15) is 5.10 Å². The summed E-state index contributed by atoms with van der Waals surface area (Å²) < 4.78 is 10.7. The number of ether oxygens (including phenoxy) is 1. The highest BCUT2D eigenvalue weighted by Gasteiger charge is 2.42. The molecule has 1 unspecified atom stereocenters. The van der Waals surface area contributed by atoms with E-state index < -0.39 is 0 Å². The van der Waals surface area contributed by atoms with Crippen LogP contribution in [0.5, 0.6) is 0 Å². The van der Waals surface area contributed by atoms with Gasteiger partial charge in [0.1, 0.15) is 5.69 Å². The predicted molar refractivity (Wildman–Crippen MR) is 101 cm³/mol. The number of amides is 1. The largest absolute Gasteiger partial charge is 0.463 e. The number of nitrogens with zero attached hydrogens (tertiary/aromatic N) is 2. The molecule has 0 spiro atoms. The minimum absolute atomic E-state index is 0.0558. The summed E-state index contributed by atoms with van der Waals surface area (Å²) in [4.78, 5) is 14.9. The van der Waals surface area contributed by atoms with Crippen LogP contribution in [0, 0.1) is 0 Å². The smallest absolute Gasteiger partial charge is 0.275 e. The van der Waals surface area contributed by atoms with Crippen LogP contribution in [-0.2, 0) is 11.2 Å². The summed E-state index contributed by atoms with van der Waals surface area (Å²) in [5, 5.41) is 7.32. The second-order valence-corrected chi connectivity index (χ2v) is 6.68. The first-order valence-electron chi connectivity index (χ1n) is 9.25. The maximum Gasteiger partial charge on any atom is 0.275 e. The quantitative estimate of drug-likeness (QED) is 0.646. The van der Waals surface area contributed by atoms with Gasteiger partial charge >= 0.3 is 0 Å². The number of aryl methyl sites for hydroxylation is 1. The number of fused-ring (bicyclic) bond motifs is 1.